The monoisotopic (exact) mass is 321 g/mol. The van der Waals surface area contributed by atoms with E-state index < -0.39 is 0 Å². The minimum absolute atomic E-state index is 0.00812. The van der Waals surface area contributed by atoms with E-state index in [0.29, 0.717) is 30.4 Å². The fraction of sp³-hybridized carbons (Fsp3) is 0.235. The van der Waals surface area contributed by atoms with Crippen molar-refractivity contribution in [1.29, 1.82) is 0 Å². The number of rotatable bonds is 3. The maximum absolute atomic E-state index is 12.5. The van der Waals surface area contributed by atoms with E-state index in [2.05, 4.69) is 20.2 Å². The van der Waals surface area contributed by atoms with Crippen molar-refractivity contribution in [1.82, 2.24) is 25.1 Å². The van der Waals surface area contributed by atoms with E-state index >= 15 is 0 Å². The van der Waals surface area contributed by atoms with Crippen molar-refractivity contribution in [3.63, 3.8) is 0 Å². The second kappa shape index (κ2) is 6.19. The molecule has 4 rings (SSSR count). The predicted molar refractivity (Wildman–Crippen MR) is 85.0 cm³/mol. The van der Waals surface area contributed by atoms with E-state index in [1.165, 1.54) is 0 Å². The smallest absolute Gasteiger partial charge is 0.253 e. The van der Waals surface area contributed by atoms with Gasteiger partial charge in [-0.25, -0.2) is 0 Å². The van der Waals surface area contributed by atoms with Gasteiger partial charge in [0.1, 0.15) is 0 Å². The van der Waals surface area contributed by atoms with Crippen molar-refractivity contribution in [3.8, 4) is 11.5 Å². The number of aromatic nitrogens is 4. The van der Waals surface area contributed by atoms with Gasteiger partial charge in [0.25, 0.3) is 5.91 Å². The molecule has 1 saturated heterocycles. The number of carbonyl (C=O) groups is 1. The highest BCUT2D eigenvalue weighted by Crippen LogP contribution is 2.29. The second-order valence-corrected chi connectivity index (χ2v) is 5.65. The lowest BCUT2D eigenvalue weighted by atomic mass is 10.1. The Morgan fingerprint density at radius 2 is 1.75 bits per heavy atom. The molecule has 1 fully saturated rings. The summed E-state index contributed by atoms with van der Waals surface area (Å²) in [5.74, 6) is 1.13. The predicted octanol–water partition coefficient (Wildman–Crippen LogP) is 2.16. The first kappa shape index (κ1) is 14.5. The van der Waals surface area contributed by atoms with Gasteiger partial charge in [-0.1, -0.05) is 0 Å². The first-order valence-corrected chi connectivity index (χ1v) is 7.74. The molecule has 0 radical (unpaired) electrons. The summed E-state index contributed by atoms with van der Waals surface area (Å²) in [4.78, 5) is 22.2. The molecule has 4 heterocycles. The molecule has 0 spiro atoms. The Morgan fingerprint density at radius 1 is 1.04 bits per heavy atom. The molecular formula is C17H15N5O2. The quantitative estimate of drug-likeness (QED) is 0.735. The Bertz CT molecular complexity index is 834. The molecular weight excluding hydrogens is 306 g/mol. The van der Waals surface area contributed by atoms with Crippen LogP contribution in [0.4, 0.5) is 0 Å². The van der Waals surface area contributed by atoms with Gasteiger partial charge in [-0.2, -0.15) is 0 Å². The summed E-state index contributed by atoms with van der Waals surface area (Å²) in [5.41, 5.74) is 1.49. The maximum atomic E-state index is 12.5. The lowest BCUT2D eigenvalue weighted by molar-refractivity contribution is 0.0790. The molecule has 0 N–H and O–H groups in total. The molecule has 1 amide bonds. The van der Waals surface area contributed by atoms with Crippen molar-refractivity contribution < 1.29 is 9.21 Å². The first-order valence-electron chi connectivity index (χ1n) is 7.74. The van der Waals surface area contributed by atoms with Gasteiger partial charge in [0.2, 0.25) is 11.8 Å². The van der Waals surface area contributed by atoms with Gasteiger partial charge >= 0.3 is 0 Å². The number of carbonyl (C=O) groups excluding carboxylic acids is 1. The van der Waals surface area contributed by atoms with E-state index in [1.807, 2.05) is 17.0 Å². The first-order chi connectivity index (χ1) is 11.8. The number of nitrogens with zero attached hydrogens (tertiary/aromatic N) is 5. The molecule has 1 atom stereocenters. The lowest BCUT2D eigenvalue weighted by Crippen LogP contribution is -2.28. The Hall–Kier alpha value is -3.09. The van der Waals surface area contributed by atoms with Crippen LogP contribution in [-0.4, -0.2) is 44.1 Å². The SMILES string of the molecule is O=C(c1ccncc1)N1CCC(c2nnc(-c3ccncc3)o2)C1. The van der Waals surface area contributed by atoms with E-state index in [-0.39, 0.29) is 11.8 Å². The summed E-state index contributed by atoms with van der Waals surface area (Å²) >= 11 is 0. The number of pyridine rings is 2. The summed E-state index contributed by atoms with van der Waals surface area (Å²) in [6.07, 6.45) is 7.43. The normalized spacial score (nSPS) is 17.2. The van der Waals surface area contributed by atoms with Crippen LogP contribution in [0.15, 0.2) is 53.5 Å². The highest BCUT2D eigenvalue weighted by atomic mass is 16.4. The van der Waals surface area contributed by atoms with Crippen LogP contribution < -0.4 is 0 Å². The molecule has 3 aromatic heterocycles. The van der Waals surface area contributed by atoms with Crippen molar-refractivity contribution in [2.45, 2.75) is 12.3 Å². The van der Waals surface area contributed by atoms with Crippen LogP contribution in [0.25, 0.3) is 11.5 Å². The standard InChI is InChI=1S/C17H15N5O2/c23-17(13-3-8-19-9-4-13)22-10-5-14(11-22)16-21-20-15(24-16)12-1-6-18-7-2-12/h1-4,6-9,14H,5,10-11H2. The van der Waals surface area contributed by atoms with E-state index in [9.17, 15) is 4.79 Å². The summed E-state index contributed by atoms with van der Waals surface area (Å²) in [6, 6.07) is 7.10. The average Bonchev–Trinajstić information content (AvgIpc) is 3.32. The fourth-order valence-corrected chi connectivity index (χ4v) is 2.83. The van der Waals surface area contributed by atoms with Crippen LogP contribution in [0, 0.1) is 0 Å². The van der Waals surface area contributed by atoms with Crippen molar-refractivity contribution in [2.75, 3.05) is 13.1 Å². The third-order valence-corrected chi connectivity index (χ3v) is 4.12. The molecule has 1 aliphatic rings. The second-order valence-electron chi connectivity index (χ2n) is 5.65. The van der Waals surface area contributed by atoms with Crippen LogP contribution in [-0.2, 0) is 0 Å². The summed E-state index contributed by atoms with van der Waals surface area (Å²) in [6.45, 7) is 1.26. The van der Waals surface area contributed by atoms with Gasteiger partial charge < -0.3 is 9.32 Å². The zero-order valence-corrected chi connectivity index (χ0v) is 12.9. The Labute approximate surface area is 138 Å². The maximum Gasteiger partial charge on any atom is 0.253 e. The van der Waals surface area contributed by atoms with Crippen LogP contribution in [0.2, 0.25) is 0 Å². The van der Waals surface area contributed by atoms with Crippen molar-refractivity contribution in [2.24, 2.45) is 0 Å². The molecule has 1 unspecified atom stereocenters. The van der Waals surface area contributed by atoms with Crippen LogP contribution >= 0.6 is 0 Å². The largest absolute Gasteiger partial charge is 0.420 e. The Balaban J connectivity index is 1.48. The lowest BCUT2D eigenvalue weighted by Gasteiger charge is -2.15. The summed E-state index contributed by atoms with van der Waals surface area (Å²) in [5, 5.41) is 8.26. The van der Waals surface area contributed by atoms with Crippen LogP contribution in [0.5, 0.6) is 0 Å². The molecule has 0 aliphatic carbocycles. The minimum atomic E-state index is 0.00812. The Morgan fingerprint density at radius 3 is 2.50 bits per heavy atom. The fourth-order valence-electron chi connectivity index (χ4n) is 2.83. The van der Waals surface area contributed by atoms with Gasteiger partial charge in [0, 0.05) is 49.0 Å². The third-order valence-electron chi connectivity index (χ3n) is 4.12. The van der Waals surface area contributed by atoms with Gasteiger partial charge in [0.15, 0.2) is 0 Å². The minimum Gasteiger partial charge on any atom is -0.420 e. The molecule has 7 heteroatoms. The summed E-state index contributed by atoms with van der Waals surface area (Å²) < 4.78 is 5.79. The van der Waals surface area contributed by atoms with Crippen molar-refractivity contribution in [3.05, 3.63) is 60.5 Å². The van der Waals surface area contributed by atoms with Gasteiger partial charge in [-0.3, -0.25) is 14.8 Å². The Kier molecular flexibility index (Phi) is 3.74. The number of likely N-dealkylation sites (tertiary alicyclic amines) is 1. The van der Waals surface area contributed by atoms with Crippen molar-refractivity contribution >= 4 is 5.91 Å². The molecule has 3 aromatic rings. The van der Waals surface area contributed by atoms with Gasteiger partial charge in [-0.05, 0) is 30.7 Å². The zero-order chi connectivity index (χ0) is 16.4. The van der Waals surface area contributed by atoms with E-state index in [4.69, 9.17) is 4.42 Å². The molecule has 0 bridgehead atoms. The van der Waals surface area contributed by atoms with Crippen LogP contribution in [0.1, 0.15) is 28.6 Å². The van der Waals surface area contributed by atoms with Crippen LogP contribution in [0.3, 0.4) is 0 Å². The van der Waals surface area contributed by atoms with E-state index in [0.717, 1.165) is 12.0 Å². The highest BCUT2D eigenvalue weighted by Gasteiger charge is 2.31. The third kappa shape index (κ3) is 2.76. The molecule has 7 nitrogen and oxygen atoms in total. The number of amides is 1. The molecule has 1 aliphatic heterocycles. The topological polar surface area (TPSA) is 85.0 Å². The molecule has 0 aromatic carbocycles. The van der Waals surface area contributed by atoms with E-state index in [1.54, 1.807) is 36.9 Å². The molecule has 0 saturated carbocycles. The number of hydrogen-bond acceptors (Lipinski definition) is 6. The molecule has 24 heavy (non-hydrogen) atoms. The zero-order valence-electron chi connectivity index (χ0n) is 12.9. The highest BCUT2D eigenvalue weighted by molar-refractivity contribution is 5.94. The molecule has 120 valence electrons. The van der Waals surface area contributed by atoms with Gasteiger partial charge in [0.05, 0.1) is 5.92 Å². The summed E-state index contributed by atoms with van der Waals surface area (Å²) in [7, 11) is 0. The number of hydrogen-bond donors (Lipinski definition) is 0. The average molecular weight is 321 g/mol. The van der Waals surface area contributed by atoms with Gasteiger partial charge in [-0.15, -0.1) is 10.2 Å².